The SMILES string of the molecule is CCCC(=O)N1C(Cc2cccnc2)C(=O)N(c2ccc(CC(NC(=O)C3(CCNC(C)=O)CCCC3)C(C)=O)cc2)C1c1ccc(Cl)cc1. The lowest BCUT2D eigenvalue weighted by atomic mass is 9.81. The van der Waals surface area contributed by atoms with Crippen molar-refractivity contribution in [3.05, 3.63) is 94.8 Å². The molecule has 1 aromatic heterocycles. The molecule has 4 amide bonds. The number of hydrogen-bond donors (Lipinski definition) is 2. The molecular formula is C39H46ClN5O5. The van der Waals surface area contributed by atoms with Crippen LogP contribution in [0.5, 0.6) is 0 Å². The highest BCUT2D eigenvalue weighted by Gasteiger charge is 2.49. The van der Waals surface area contributed by atoms with Crippen molar-refractivity contribution in [3.63, 3.8) is 0 Å². The van der Waals surface area contributed by atoms with Crippen LogP contribution in [-0.2, 0) is 36.8 Å². The molecule has 2 N–H and O–H groups in total. The first-order valence-electron chi connectivity index (χ1n) is 17.5. The van der Waals surface area contributed by atoms with Gasteiger partial charge in [0.15, 0.2) is 5.78 Å². The maximum Gasteiger partial charge on any atom is 0.252 e. The smallest absolute Gasteiger partial charge is 0.252 e. The minimum absolute atomic E-state index is 0.119. The number of halogens is 1. The average Bonchev–Trinajstić information content (AvgIpc) is 3.69. The molecule has 1 saturated carbocycles. The maximum atomic E-state index is 14.4. The van der Waals surface area contributed by atoms with Gasteiger partial charge in [0, 0.05) is 49.4 Å². The molecule has 2 heterocycles. The average molecular weight is 700 g/mol. The van der Waals surface area contributed by atoms with E-state index in [1.807, 2.05) is 55.5 Å². The minimum atomic E-state index is -0.746. The Morgan fingerprint density at radius 3 is 2.28 bits per heavy atom. The first kappa shape index (κ1) is 36.7. The van der Waals surface area contributed by atoms with Gasteiger partial charge in [-0.2, -0.15) is 0 Å². The van der Waals surface area contributed by atoms with Crippen LogP contribution in [0.15, 0.2) is 73.1 Å². The summed E-state index contributed by atoms with van der Waals surface area (Å²) in [5.41, 5.74) is 2.41. The Labute approximate surface area is 299 Å². The van der Waals surface area contributed by atoms with Crippen molar-refractivity contribution in [3.8, 4) is 0 Å². The van der Waals surface area contributed by atoms with Gasteiger partial charge in [-0.15, -0.1) is 0 Å². The zero-order chi connectivity index (χ0) is 35.8. The van der Waals surface area contributed by atoms with E-state index >= 15 is 0 Å². The largest absolute Gasteiger partial charge is 0.356 e. The van der Waals surface area contributed by atoms with Crippen molar-refractivity contribution >= 4 is 46.7 Å². The lowest BCUT2D eigenvalue weighted by molar-refractivity contribution is -0.136. The molecule has 11 heteroatoms. The third-order valence-electron chi connectivity index (χ3n) is 9.91. The van der Waals surface area contributed by atoms with E-state index in [1.54, 1.807) is 34.3 Å². The molecule has 50 heavy (non-hydrogen) atoms. The van der Waals surface area contributed by atoms with Gasteiger partial charge in [0.2, 0.25) is 17.7 Å². The van der Waals surface area contributed by atoms with Gasteiger partial charge < -0.3 is 15.5 Å². The molecule has 264 valence electrons. The van der Waals surface area contributed by atoms with E-state index in [0.29, 0.717) is 42.9 Å². The highest BCUT2D eigenvalue weighted by molar-refractivity contribution is 6.30. The summed E-state index contributed by atoms with van der Waals surface area (Å²) in [6.07, 6.45) is 8.02. The summed E-state index contributed by atoms with van der Waals surface area (Å²) in [5, 5.41) is 6.38. The molecule has 1 aliphatic heterocycles. The predicted octanol–water partition coefficient (Wildman–Crippen LogP) is 5.72. The number of pyridine rings is 1. The molecule has 1 aliphatic carbocycles. The maximum absolute atomic E-state index is 14.4. The Bertz CT molecular complexity index is 1680. The lowest BCUT2D eigenvalue weighted by Gasteiger charge is -2.32. The van der Waals surface area contributed by atoms with Crippen molar-refractivity contribution < 1.29 is 24.0 Å². The first-order valence-corrected chi connectivity index (χ1v) is 17.8. The summed E-state index contributed by atoms with van der Waals surface area (Å²) in [5.74, 6) is -0.768. The van der Waals surface area contributed by atoms with E-state index < -0.39 is 23.7 Å². The Morgan fingerprint density at radius 2 is 1.68 bits per heavy atom. The Kier molecular flexibility index (Phi) is 12.1. The van der Waals surface area contributed by atoms with Gasteiger partial charge in [-0.05, 0) is 86.1 Å². The van der Waals surface area contributed by atoms with Crippen LogP contribution in [0.4, 0.5) is 5.69 Å². The van der Waals surface area contributed by atoms with E-state index in [4.69, 9.17) is 11.6 Å². The van der Waals surface area contributed by atoms with Crippen molar-refractivity contribution in [1.29, 1.82) is 0 Å². The lowest BCUT2D eigenvalue weighted by Crippen LogP contribution is -2.49. The van der Waals surface area contributed by atoms with Crippen molar-refractivity contribution in [2.75, 3.05) is 11.4 Å². The number of anilines is 1. The van der Waals surface area contributed by atoms with Crippen LogP contribution in [-0.4, -0.2) is 57.9 Å². The van der Waals surface area contributed by atoms with Gasteiger partial charge in [-0.1, -0.05) is 61.7 Å². The van der Waals surface area contributed by atoms with Crippen LogP contribution >= 0.6 is 11.6 Å². The second-order valence-corrected chi connectivity index (χ2v) is 13.9. The van der Waals surface area contributed by atoms with Gasteiger partial charge in [0.1, 0.15) is 12.2 Å². The molecule has 1 saturated heterocycles. The van der Waals surface area contributed by atoms with E-state index in [0.717, 1.165) is 42.4 Å². The number of Topliss-reactive ketones (excluding diaryl/α,β-unsaturated/α-hetero) is 1. The first-order chi connectivity index (χ1) is 24.0. The van der Waals surface area contributed by atoms with Crippen molar-refractivity contribution in [2.45, 2.75) is 96.8 Å². The number of carbonyl (C=O) groups excluding carboxylic acids is 5. The minimum Gasteiger partial charge on any atom is -0.356 e. The monoisotopic (exact) mass is 699 g/mol. The van der Waals surface area contributed by atoms with Crippen LogP contribution < -0.4 is 15.5 Å². The molecule has 2 aromatic carbocycles. The highest BCUT2D eigenvalue weighted by Crippen LogP contribution is 2.42. The van der Waals surface area contributed by atoms with E-state index in [9.17, 15) is 24.0 Å². The van der Waals surface area contributed by atoms with Crippen LogP contribution in [0.2, 0.25) is 5.02 Å². The summed E-state index contributed by atoms with van der Waals surface area (Å²) >= 11 is 6.24. The molecule has 3 atom stereocenters. The fourth-order valence-corrected chi connectivity index (χ4v) is 7.37. The van der Waals surface area contributed by atoms with E-state index in [2.05, 4.69) is 15.6 Å². The molecule has 0 bridgehead atoms. The summed E-state index contributed by atoms with van der Waals surface area (Å²) in [7, 11) is 0. The zero-order valence-electron chi connectivity index (χ0n) is 29.0. The molecule has 2 fully saturated rings. The van der Waals surface area contributed by atoms with Crippen LogP contribution in [0.3, 0.4) is 0 Å². The predicted molar refractivity (Wildman–Crippen MR) is 192 cm³/mol. The highest BCUT2D eigenvalue weighted by atomic mass is 35.5. The number of nitrogens with zero attached hydrogens (tertiary/aromatic N) is 3. The quantitative estimate of drug-likeness (QED) is 0.222. The Morgan fingerprint density at radius 1 is 0.980 bits per heavy atom. The molecule has 0 spiro atoms. The summed E-state index contributed by atoms with van der Waals surface area (Å²) in [4.78, 5) is 73.7. The second-order valence-electron chi connectivity index (χ2n) is 13.5. The summed E-state index contributed by atoms with van der Waals surface area (Å²) < 4.78 is 0. The normalized spacial score (nSPS) is 18.9. The number of nitrogens with one attached hydrogen (secondary N) is 2. The van der Waals surface area contributed by atoms with E-state index in [1.165, 1.54) is 13.8 Å². The third-order valence-corrected chi connectivity index (χ3v) is 10.2. The number of amides is 4. The molecular weight excluding hydrogens is 654 g/mol. The zero-order valence-corrected chi connectivity index (χ0v) is 29.7. The number of hydrogen-bond acceptors (Lipinski definition) is 6. The van der Waals surface area contributed by atoms with Crippen LogP contribution in [0.25, 0.3) is 0 Å². The number of carbonyl (C=O) groups is 5. The fraction of sp³-hybridized carbons (Fsp3) is 0.436. The number of benzene rings is 2. The standard InChI is InChI=1S/C39H46ClN5O5/c1-4-8-35(48)45-34(24-29-9-7-21-41-25-29)37(49)44(36(45)30-12-14-31(40)15-13-30)32-16-10-28(11-17-32)23-33(26(2)46)43-38(50)39(18-5-6-19-39)20-22-42-27(3)47/h7,9-17,21,25,33-34,36H,4-6,8,18-20,22-24H2,1-3H3,(H,42,47)(H,43,50). The number of rotatable bonds is 14. The van der Waals surface area contributed by atoms with Gasteiger partial charge in [-0.25, -0.2) is 0 Å². The Hall–Kier alpha value is -4.57. The van der Waals surface area contributed by atoms with Gasteiger partial charge in [-0.3, -0.25) is 33.9 Å². The van der Waals surface area contributed by atoms with Gasteiger partial charge >= 0.3 is 0 Å². The molecule has 5 rings (SSSR count). The second kappa shape index (κ2) is 16.4. The van der Waals surface area contributed by atoms with Gasteiger partial charge in [0.05, 0.1) is 11.5 Å². The van der Waals surface area contributed by atoms with Crippen molar-refractivity contribution in [1.82, 2.24) is 20.5 Å². The van der Waals surface area contributed by atoms with Gasteiger partial charge in [0.25, 0.3) is 5.91 Å². The molecule has 0 radical (unpaired) electrons. The Balaban J connectivity index is 1.41. The summed E-state index contributed by atoms with van der Waals surface area (Å²) in [6.45, 7) is 5.28. The van der Waals surface area contributed by atoms with Crippen LogP contribution in [0, 0.1) is 5.41 Å². The number of aromatic nitrogens is 1. The number of ketones is 1. The van der Waals surface area contributed by atoms with E-state index in [-0.39, 0.29) is 35.8 Å². The fourth-order valence-electron chi connectivity index (χ4n) is 7.25. The topological polar surface area (TPSA) is 129 Å². The van der Waals surface area contributed by atoms with Crippen molar-refractivity contribution in [2.24, 2.45) is 5.41 Å². The molecule has 3 unspecified atom stereocenters. The molecule has 2 aliphatic rings. The molecule has 3 aromatic rings. The summed E-state index contributed by atoms with van der Waals surface area (Å²) in [6, 6.07) is 16.8. The molecule has 10 nitrogen and oxygen atoms in total. The van der Waals surface area contributed by atoms with Crippen LogP contribution in [0.1, 0.15) is 88.6 Å². The third kappa shape index (κ3) is 8.41.